The van der Waals surface area contributed by atoms with Crippen molar-refractivity contribution in [1.82, 2.24) is 9.29 Å². The van der Waals surface area contributed by atoms with E-state index in [1.165, 1.54) is 22.6 Å². The van der Waals surface area contributed by atoms with Crippen LogP contribution in [0.25, 0.3) is 0 Å². The van der Waals surface area contributed by atoms with Crippen molar-refractivity contribution in [3.63, 3.8) is 0 Å². The van der Waals surface area contributed by atoms with Gasteiger partial charge in [-0.3, -0.25) is 0 Å². The van der Waals surface area contributed by atoms with E-state index in [0.29, 0.717) is 19.5 Å². The Hall–Kier alpha value is -1.49. The third-order valence-electron chi connectivity index (χ3n) is 2.68. The molecule has 0 radical (unpaired) electrons. The first kappa shape index (κ1) is 12.0. The number of hydrogen-bond acceptors (Lipinski definition) is 5. The number of rotatable bonds is 2. The Bertz CT molecular complexity index is 547. The van der Waals surface area contributed by atoms with E-state index >= 15 is 0 Å². The molecule has 0 bridgehead atoms. The van der Waals surface area contributed by atoms with Crippen LogP contribution in [-0.2, 0) is 10.0 Å². The number of aromatic nitrogens is 1. The molecule has 0 amide bonds. The summed E-state index contributed by atoms with van der Waals surface area (Å²) in [6, 6.07) is 4.53. The number of nitrogens with zero attached hydrogens (tertiary/aromatic N) is 3. The van der Waals surface area contributed by atoms with E-state index in [-0.39, 0.29) is 16.6 Å². The fourth-order valence-electron chi connectivity index (χ4n) is 1.72. The average molecular weight is 252 g/mol. The minimum atomic E-state index is -3.52. The topological polar surface area (TPSA) is 100 Å². The summed E-state index contributed by atoms with van der Waals surface area (Å²) >= 11 is 0. The Morgan fingerprint density at radius 3 is 2.76 bits per heavy atom. The summed E-state index contributed by atoms with van der Waals surface area (Å²) in [4.78, 5) is 3.86. The maximum absolute atomic E-state index is 12.1. The maximum atomic E-state index is 12.1. The smallest absolute Gasteiger partial charge is 0.244 e. The Labute approximate surface area is 99.7 Å². The van der Waals surface area contributed by atoms with E-state index in [0.717, 1.165) is 0 Å². The summed E-state index contributed by atoms with van der Waals surface area (Å²) in [5.41, 5.74) is 5.88. The Morgan fingerprint density at radius 2 is 2.29 bits per heavy atom. The van der Waals surface area contributed by atoms with Crippen LogP contribution in [0.1, 0.15) is 12.1 Å². The van der Waals surface area contributed by atoms with Crippen LogP contribution in [0.15, 0.2) is 23.2 Å². The molecule has 1 saturated heterocycles. The number of sulfonamides is 1. The van der Waals surface area contributed by atoms with Crippen LogP contribution in [0, 0.1) is 11.3 Å². The predicted octanol–water partition coefficient (Wildman–Crippen LogP) is -0.325. The predicted molar refractivity (Wildman–Crippen MR) is 60.3 cm³/mol. The average Bonchev–Trinajstić information content (AvgIpc) is 2.77. The lowest BCUT2D eigenvalue weighted by Gasteiger charge is -2.15. The monoisotopic (exact) mass is 252 g/mol. The van der Waals surface area contributed by atoms with Crippen molar-refractivity contribution in [2.75, 3.05) is 13.1 Å². The fourth-order valence-corrected chi connectivity index (χ4v) is 3.18. The molecule has 1 aromatic rings. The van der Waals surface area contributed by atoms with Gasteiger partial charge in [-0.25, -0.2) is 13.4 Å². The minimum absolute atomic E-state index is 0.101. The molecule has 2 heterocycles. The highest BCUT2D eigenvalue weighted by Crippen LogP contribution is 2.19. The second kappa shape index (κ2) is 4.41. The second-order valence-electron chi connectivity index (χ2n) is 3.90. The second-order valence-corrected chi connectivity index (χ2v) is 5.84. The molecule has 1 aliphatic heterocycles. The molecule has 1 fully saturated rings. The van der Waals surface area contributed by atoms with Gasteiger partial charge in [0.25, 0.3) is 0 Å². The van der Waals surface area contributed by atoms with Crippen LogP contribution in [0.5, 0.6) is 0 Å². The van der Waals surface area contributed by atoms with Crippen molar-refractivity contribution < 1.29 is 8.42 Å². The van der Waals surface area contributed by atoms with Gasteiger partial charge in [0.15, 0.2) is 0 Å². The lowest BCUT2D eigenvalue weighted by atomic mass is 10.3. The van der Waals surface area contributed by atoms with Gasteiger partial charge in [0, 0.05) is 25.3 Å². The lowest BCUT2D eigenvalue weighted by Crippen LogP contribution is -2.32. The Kier molecular flexibility index (Phi) is 3.11. The Morgan fingerprint density at radius 1 is 1.53 bits per heavy atom. The molecule has 1 aliphatic rings. The first-order valence-corrected chi connectivity index (χ1v) is 6.60. The molecule has 17 heavy (non-hydrogen) atoms. The summed E-state index contributed by atoms with van der Waals surface area (Å²) in [7, 11) is -3.52. The molecule has 6 nitrogen and oxygen atoms in total. The highest BCUT2D eigenvalue weighted by molar-refractivity contribution is 7.89. The highest BCUT2D eigenvalue weighted by atomic mass is 32.2. The van der Waals surface area contributed by atoms with Crippen molar-refractivity contribution in [2.45, 2.75) is 17.4 Å². The van der Waals surface area contributed by atoms with Crippen molar-refractivity contribution >= 4 is 10.0 Å². The molecule has 0 unspecified atom stereocenters. The molecule has 1 aromatic heterocycles. The number of nitriles is 1. The molecule has 0 aliphatic carbocycles. The molecule has 0 aromatic carbocycles. The third-order valence-corrected chi connectivity index (χ3v) is 4.52. The molecular formula is C10H12N4O2S. The fraction of sp³-hybridized carbons (Fsp3) is 0.400. The van der Waals surface area contributed by atoms with Crippen molar-refractivity contribution in [3.8, 4) is 6.07 Å². The van der Waals surface area contributed by atoms with Gasteiger partial charge in [-0.1, -0.05) is 0 Å². The summed E-state index contributed by atoms with van der Waals surface area (Å²) in [6.07, 6.45) is 1.88. The van der Waals surface area contributed by atoms with Crippen molar-refractivity contribution in [3.05, 3.63) is 24.0 Å². The van der Waals surface area contributed by atoms with E-state index in [2.05, 4.69) is 4.98 Å². The quantitative estimate of drug-likeness (QED) is 0.777. The molecular weight excluding hydrogens is 240 g/mol. The number of pyridine rings is 1. The van der Waals surface area contributed by atoms with Crippen LogP contribution in [-0.4, -0.2) is 36.8 Å². The summed E-state index contributed by atoms with van der Waals surface area (Å²) < 4.78 is 25.6. The van der Waals surface area contributed by atoms with Crippen molar-refractivity contribution in [1.29, 1.82) is 5.26 Å². The summed E-state index contributed by atoms with van der Waals surface area (Å²) in [6.45, 7) is 0.770. The highest BCUT2D eigenvalue weighted by Gasteiger charge is 2.30. The van der Waals surface area contributed by atoms with Gasteiger partial charge in [-0.2, -0.15) is 9.57 Å². The molecule has 7 heteroatoms. The number of hydrogen-bond donors (Lipinski definition) is 1. The molecule has 2 rings (SSSR count). The minimum Gasteiger partial charge on any atom is -0.326 e. The Balaban J connectivity index is 2.29. The first-order chi connectivity index (χ1) is 8.04. The zero-order valence-electron chi connectivity index (χ0n) is 9.07. The van der Waals surface area contributed by atoms with Gasteiger partial charge < -0.3 is 5.73 Å². The van der Waals surface area contributed by atoms with Gasteiger partial charge in [0.2, 0.25) is 10.0 Å². The van der Waals surface area contributed by atoms with Gasteiger partial charge >= 0.3 is 0 Å². The van der Waals surface area contributed by atoms with Crippen LogP contribution in [0.4, 0.5) is 0 Å². The van der Waals surface area contributed by atoms with E-state index < -0.39 is 10.0 Å². The van der Waals surface area contributed by atoms with Gasteiger partial charge in [0.05, 0.1) is 0 Å². The van der Waals surface area contributed by atoms with Crippen molar-refractivity contribution in [2.24, 2.45) is 5.73 Å². The molecule has 90 valence electrons. The van der Waals surface area contributed by atoms with E-state index in [1.807, 2.05) is 6.07 Å². The molecule has 2 N–H and O–H groups in total. The standard InChI is InChI=1S/C10H12N4O2S/c11-5-9-1-2-10(6-13-9)17(15,16)14-4-3-8(12)7-14/h1-2,6,8H,3-4,7,12H2/t8-/m1/s1. The third kappa shape index (κ3) is 2.29. The van der Waals surface area contributed by atoms with E-state index in [4.69, 9.17) is 11.0 Å². The van der Waals surface area contributed by atoms with Crippen LogP contribution < -0.4 is 5.73 Å². The molecule has 0 saturated carbocycles. The van der Waals surface area contributed by atoms with E-state index in [1.54, 1.807) is 0 Å². The van der Waals surface area contributed by atoms with E-state index in [9.17, 15) is 8.42 Å². The normalized spacial score (nSPS) is 21.3. The molecule has 0 spiro atoms. The van der Waals surface area contributed by atoms with Gasteiger partial charge in [0.1, 0.15) is 16.7 Å². The summed E-state index contributed by atoms with van der Waals surface area (Å²) in [5.74, 6) is 0. The zero-order chi connectivity index (χ0) is 12.5. The van der Waals surface area contributed by atoms with Crippen LogP contribution >= 0.6 is 0 Å². The SMILES string of the molecule is N#Cc1ccc(S(=O)(=O)N2CC[C@@H](N)C2)cn1. The summed E-state index contributed by atoms with van der Waals surface area (Å²) in [5, 5.41) is 8.59. The largest absolute Gasteiger partial charge is 0.326 e. The van der Waals surface area contributed by atoms with Crippen LogP contribution in [0.3, 0.4) is 0 Å². The van der Waals surface area contributed by atoms with Gasteiger partial charge in [-0.05, 0) is 18.6 Å². The van der Waals surface area contributed by atoms with Crippen LogP contribution in [0.2, 0.25) is 0 Å². The molecule has 1 atom stereocenters. The lowest BCUT2D eigenvalue weighted by molar-refractivity contribution is 0.472. The zero-order valence-corrected chi connectivity index (χ0v) is 9.89. The maximum Gasteiger partial charge on any atom is 0.244 e. The first-order valence-electron chi connectivity index (χ1n) is 5.16. The number of nitrogens with two attached hydrogens (primary N) is 1. The van der Waals surface area contributed by atoms with Gasteiger partial charge in [-0.15, -0.1) is 0 Å².